The molecule has 8 heteroatoms. The molecule has 0 unspecified atom stereocenters. The van der Waals surface area contributed by atoms with E-state index in [1.807, 2.05) is 13.8 Å². The lowest BCUT2D eigenvalue weighted by Crippen LogP contribution is -2.05. The van der Waals surface area contributed by atoms with E-state index < -0.39 is 4.92 Å². The average Bonchev–Trinajstić information content (AvgIpc) is 2.60. The van der Waals surface area contributed by atoms with Crippen molar-refractivity contribution in [2.75, 3.05) is 0 Å². The number of rotatable bonds is 2. The van der Waals surface area contributed by atoms with Crippen molar-refractivity contribution >= 4 is 37.5 Å². The molecule has 100 valence electrons. The van der Waals surface area contributed by atoms with Crippen molar-refractivity contribution < 1.29 is 4.92 Å². The Morgan fingerprint density at radius 2 is 1.89 bits per heavy atom. The molecule has 0 aliphatic rings. The summed E-state index contributed by atoms with van der Waals surface area (Å²) in [7, 11) is 0. The van der Waals surface area contributed by atoms with Crippen molar-refractivity contribution in [3.8, 4) is 5.82 Å². The molecule has 6 nitrogen and oxygen atoms in total. The fraction of sp³-hybridized carbons (Fsp3) is 0.273. The molecular formula is C11H10Br2N4O2. The molecule has 0 radical (unpaired) electrons. The molecule has 0 aliphatic carbocycles. The van der Waals surface area contributed by atoms with Gasteiger partial charge in [-0.15, -0.1) is 0 Å². The van der Waals surface area contributed by atoms with Crippen molar-refractivity contribution in [2.24, 2.45) is 0 Å². The van der Waals surface area contributed by atoms with Crippen LogP contribution in [0.5, 0.6) is 0 Å². The van der Waals surface area contributed by atoms with Crippen LogP contribution in [0.1, 0.15) is 17.0 Å². The zero-order chi connectivity index (χ0) is 14.3. The molecule has 2 aromatic heterocycles. The van der Waals surface area contributed by atoms with E-state index in [9.17, 15) is 10.1 Å². The molecule has 2 heterocycles. The molecule has 0 amide bonds. The highest BCUT2D eigenvalue weighted by atomic mass is 79.9. The van der Waals surface area contributed by atoms with Crippen LogP contribution >= 0.6 is 31.9 Å². The number of nitrogens with zero attached hydrogens (tertiary/aromatic N) is 4. The fourth-order valence-electron chi connectivity index (χ4n) is 1.72. The summed E-state index contributed by atoms with van der Waals surface area (Å²) in [5, 5.41) is 15.2. The lowest BCUT2D eigenvalue weighted by molar-refractivity contribution is -0.385. The van der Waals surface area contributed by atoms with Crippen molar-refractivity contribution in [3.05, 3.63) is 42.2 Å². The van der Waals surface area contributed by atoms with E-state index in [1.165, 1.54) is 6.20 Å². The van der Waals surface area contributed by atoms with Crippen LogP contribution in [0.15, 0.2) is 15.1 Å². The zero-order valence-corrected chi connectivity index (χ0v) is 13.6. The van der Waals surface area contributed by atoms with Gasteiger partial charge in [-0.2, -0.15) is 5.10 Å². The van der Waals surface area contributed by atoms with Crippen LogP contribution in [0.4, 0.5) is 5.69 Å². The third-order valence-corrected chi connectivity index (χ3v) is 4.92. The summed E-state index contributed by atoms with van der Waals surface area (Å²) >= 11 is 6.80. The van der Waals surface area contributed by atoms with Gasteiger partial charge >= 0.3 is 0 Å². The van der Waals surface area contributed by atoms with Gasteiger partial charge in [0.25, 0.3) is 5.69 Å². The second-order valence-corrected chi connectivity index (χ2v) is 5.65. The smallest absolute Gasteiger partial charge is 0.258 e. The minimum atomic E-state index is -0.450. The maximum absolute atomic E-state index is 10.9. The van der Waals surface area contributed by atoms with E-state index in [0.717, 1.165) is 15.9 Å². The maximum Gasteiger partial charge on any atom is 0.291 e. The molecule has 0 N–H and O–H groups in total. The van der Waals surface area contributed by atoms with Crippen LogP contribution in [0.2, 0.25) is 0 Å². The summed E-state index contributed by atoms with van der Waals surface area (Å²) < 4.78 is 3.12. The lowest BCUT2D eigenvalue weighted by Gasteiger charge is -2.08. The van der Waals surface area contributed by atoms with Gasteiger partial charge in [-0.25, -0.2) is 9.67 Å². The Kier molecular flexibility index (Phi) is 3.73. The van der Waals surface area contributed by atoms with Crippen molar-refractivity contribution in [1.29, 1.82) is 0 Å². The summed E-state index contributed by atoms with van der Waals surface area (Å²) in [6.07, 6.45) is 1.25. The van der Waals surface area contributed by atoms with Gasteiger partial charge in [0, 0.05) is 5.56 Å². The van der Waals surface area contributed by atoms with Gasteiger partial charge in [0.05, 0.1) is 25.3 Å². The van der Waals surface area contributed by atoms with Gasteiger partial charge in [-0.1, -0.05) is 0 Å². The molecule has 2 aromatic rings. The highest BCUT2D eigenvalue weighted by Gasteiger charge is 2.20. The van der Waals surface area contributed by atoms with Crippen LogP contribution in [-0.2, 0) is 0 Å². The monoisotopic (exact) mass is 388 g/mol. The SMILES string of the molecule is Cc1nn(-c2ncc([N+](=O)[O-])c(C)c2Br)c(C)c1Br. The zero-order valence-electron chi connectivity index (χ0n) is 10.4. The van der Waals surface area contributed by atoms with Crippen LogP contribution in [0.3, 0.4) is 0 Å². The molecule has 0 atom stereocenters. The number of aryl methyl sites for hydroxylation is 1. The Labute approximate surface area is 126 Å². The molecule has 0 spiro atoms. The van der Waals surface area contributed by atoms with E-state index in [-0.39, 0.29) is 5.69 Å². The first kappa shape index (κ1) is 14.1. The summed E-state index contributed by atoms with van der Waals surface area (Å²) in [5.41, 5.74) is 2.23. The molecule has 0 fully saturated rings. The largest absolute Gasteiger partial charge is 0.291 e. The van der Waals surface area contributed by atoms with Crippen LogP contribution in [-0.4, -0.2) is 19.7 Å². The molecular weight excluding hydrogens is 380 g/mol. The topological polar surface area (TPSA) is 73.8 Å². The molecule has 2 rings (SSSR count). The van der Waals surface area contributed by atoms with E-state index >= 15 is 0 Å². The Bertz CT molecular complexity index is 682. The van der Waals surface area contributed by atoms with Gasteiger partial charge in [-0.05, 0) is 52.6 Å². The predicted octanol–water partition coefficient (Wildman–Crippen LogP) is 3.63. The minimum Gasteiger partial charge on any atom is -0.258 e. The van der Waals surface area contributed by atoms with Crippen LogP contribution < -0.4 is 0 Å². The van der Waals surface area contributed by atoms with Crippen molar-refractivity contribution in [2.45, 2.75) is 20.8 Å². The number of aromatic nitrogens is 3. The highest BCUT2D eigenvalue weighted by molar-refractivity contribution is 9.11. The first-order chi connectivity index (χ1) is 8.84. The van der Waals surface area contributed by atoms with Crippen LogP contribution in [0.25, 0.3) is 5.82 Å². The van der Waals surface area contributed by atoms with Gasteiger partial charge < -0.3 is 0 Å². The van der Waals surface area contributed by atoms with Crippen molar-refractivity contribution in [3.63, 3.8) is 0 Å². The van der Waals surface area contributed by atoms with Crippen LogP contribution in [0, 0.1) is 30.9 Å². The maximum atomic E-state index is 10.9. The Hall–Kier alpha value is -1.28. The summed E-state index contributed by atoms with van der Waals surface area (Å²) in [4.78, 5) is 14.5. The number of nitro groups is 1. The molecule has 0 saturated heterocycles. The second kappa shape index (κ2) is 5.01. The molecule has 19 heavy (non-hydrogen) atoms. The predicted molar refractivity (Wildman–Crippen MR) is 77.6 cm³/mol. The van der Waals surface area contributed by atoms with Gasteiger partial charge in [-0.3, -0.25) is 10.1 Å². The molecule has 0 saturated carbocycles. The quantitative estimate of drug-likeness (QED) is 0.580. The van der Waals surface area contributed by atoms with Gasteiger partial charge in [0.2, 0.25) is 0 Å². The lowest BCUT2D eigenvalue weighted by atomic mass is 10.2. The number of hydrogen-bond acceptors (Lipinski definition) is 4. The third-order valence-electron chi connectivity index (χ3n) is 2.82. The summed E-state index contributed by atoms with van der Waals surface area (Å²) in [5.74, 6) is 0.536. The third kappa shape index (κ3) is 2.30. The Morgan fingerprint density at radius 1 is 1.26 bits per heavy atom. The van der Waals surface area contributed by atoms with Gasteiger partial charge in [0.1, 0.15) is 6.20 Å². The number of hydrogen-bond donors (Lipinski definition) is 0. The van der Waals surface area contributed by atoms with E-state index in [0.29, 0.717) is 15.9 Å². The average molecular weight is 390 g/mol. The standard InChI is InChI=1S/C11H10Br2N4O2/c1-5-8(17(18)19)4-14-11(9(5)12)16-7(3)10(13)6(2)15-16/h4H,1-3H3. The first-order valence-corrected chi connectivity index (χ1v) is 6.94. The Morgan fingerprint density at radius 3 is 2.37 bits per heavy atom. The fourth-order valence-corrected chi connectivity index (χ4v) is 2.44. The summed E-state index contributed by atoms with van der Waals surface area (Å²) in [6, 6.07) is 0. The molecule has 0 aromatic carbocycles. The Balaban J connectivity index is 2.67. The first-order valence-electron chi connectivity index (χ1n) is 5.36. The normalized spacial score (nSPS) is 10.8. The number of pyridine rings is 1. The van der Waals surface area contributed by atoms with E-state index in [4.69, 9.17) is 0 Å². The van der Waals surface area contributed by atoms with E-state index in [1.54, 1.807) is 11.6 Å². The molecule has 0 aliphatic heterocycles. The number of halogens is 2. The summed E-state index contributed by atoms with van der Waals surface area (Å²) in [6.45, 7) is 5.45. The highest BCUT2D eigenvalue weighted by Crippen LogP contribution is 2.31. The van der Waals surface area contributed by atoms with Crippen molar-refractivity contribution in [1.82, 2.24) is 14.8 Å². The molecule has 0 bridgehead atoms. The minimum absolute atomic E-state index is 0.0174. The van der Waals surface area contributed by atoms with E-state index in [2.05, 4.69) is 41.9 Å². The second-order valence-electron chi connectivity index (χ2n) is 4.06. The van der Waals surface area contributed by atoms with Gasteiger partial charge in [0.15, 0.2) is 5.82 Å².